The summed E-state index contributed by atoms with van der Waals surface area (Å²) in [6.45, 7) is 7.30. The number of anilines is 1. The van der Waals surface area contributed by atoms with Gasteiger partial charge in [-0.15, -0.1) is 6.42 Å². The van der Waals surface area contributed by atoms with Crippen LogP contribution >= 0.6 is 11.6 Å². The molecule has 4 heteroatoms. The van der Waals surface area contributed by atoms with Gasteiger partial charge in [0.1, 0.15) is 5.60 Å². The number of benzene rings is 1. The highest BCUT2D eigenvalue weighted by atomic mass is 35.5. The van der Waals surface area contributed by atoms with Crippen LogP contribution in [-0.4, -0.2) is 11.7 Å². The highest BCUT2D eigenvalue weighted by Gasteiger charge is 2.17. The summed E-state index contributed by atoms with van der Waals surface area (Å²) in [5.41, 5.74) is 0.889. The molecular weight excluding hydrogens is 262 g/mol. The van der Waals surface area contributed by atoms with Crippen molar-refractivity contribution in [3.05, 3.63) is 28.8 Å². The van der Waals surface area contributed by atoms with Crippen molar-refractivity contribution < 1.29 is 9.53 Å². The van der Waals surface area contributed by atoms with E-state index in [2.05, 4.69) is 11.2 Å². The number of halogens is 1. The van der Waals surface area contributed by atoms with Crippen molar-refractivity contribution >= 4 is 23.4 Å². The van der Waals surface area contributed by atoms with Crippen molar-refractivity contribution in [2.24, 2.45) is 0 Å². The van der Waals surface area contributed by atoms with Crippen LogP contribution in [0.3, 0.4) is 0 Å². The highest BCUT2D eigenvalue weighted by molar-refractivity contribution is 6.33. The molecule has 1 N–H and O–H groups in total. The van der Waals surface area contributed by atoms with Crippen molar-refractivity contribution in [1.82, 2.24) is 0 Å². The summed E-state index contributed by atoms with van der Waals surface area (Å²) in [6, 6.07) is 5.30. The van der Waals surface area contributed by atoms with Crippen LogP contribution in [0, 0.1) is 12.3 Å². The van der Waals surface area contributed by atoms with Gasteiger partial charge in [-0.25, -0.2) is 4.79 Å². The van der Waals surface area contributed by atoms with E-state index in [0.717, 1.165) is 5.56 Å². The van der Waals surface area contributed by atoms with E-state index in [9.17, 15) is 4.79 Å². The van der Waals surface area contributed by atoms with Gasteiger partial charge in [0, 0.05) is 5.92 Å². The second kappa shape index (κ2) is 5.99. The highest BCUT2D eigenvalue weighted by Crippen LogP contribution is 2.27. The molecule has 0 aliphatic heterocycles. The Balaban J connectivity index is 2.81. The van der Waals surface area contributed by atoms with Crippen LogP contribution in [-0.2, 0) is 4.74 Å². The quantitative estimate of drug-likeness (QED) is 0.814. The summed E-state index contributed by atoms with van der Waals surface area (Å²) in [5.74, 6) is 2.61. The number of nitrogens with one attached hydrogen (secondary N) is 1. The zero-order valence-corrected chi connectivity index (χ0v) is 12.3. The molecule has 0 aromatic heterocycles. The van der Waals surface area contributed by atoms with E-state index < -0.39 is 11.7 Å². The van der Waals surface area contributed by atoms with Gasteiger partial charge in [-0.2, -0.15) is 0 Å². The van der Waals surface area contributed by atoms with Gasteiger partial charge in [0.15, 0.2) is 0 Å². The Labute approximate surface area is 119 Å². The van der Waals surface area contributed by atoms with E-state index in [4.69, 9.17) is 22.8 Å². The molecule has 19 heavy (non-hydrogen) atoms. The normalized spacial score (nSPS) is 12.4. The molecule has 0 heterocycles. The van der Waals surface area contributed by atoms with Crippen molar-refractivity contribution in [2.75, 3.05) is 5.32 Å². The zero-order valence-electron chi connectivity index (χ0n) is 11.6. The van der Waals surface area contributed by atoms with Gasteiger partial charge in [-0.1, -0.05) is 23.6 Å². The summed E-state index contributed by atoms with van der Waals surface area (Å²) in [7, 11) is 0. The molecule has 0 bridgehead atoms. The van der Waals surface area contributed by atoms with Crippen LogP contribution in [0.1, 0.15) is 39.2 Å². The maximum atomic E-state index is 11.6. The molecule has 0 fully saturated rings. The first-order valence-electron chi connectivity index (χ1n) is 5.98. The Hall–Kier alpha value is -1.66. The topological polar surface area (TPSA) is 38.3 Å². The Morgan fingerprint density at radius 3 is 2.58 bits per heavy atom. The minimum absolute atomic E-state index is 0.0203. The monoisotopic (exact) mass is 279 g/mol. The molecule has 102 valence electrons. The average Bonchev–Trinajstić information content (AvgIpc) is 2.28. The maximum absolute atomic E-state index is 11.6. The second-order valence-electron chi connectivity index (χ2n) is 5.25. The minimum atomic E-state index is -0.547. The average molecular weight is 280 g/mol. The molecule has 1 atom stereocenters. The summed E-state index contributed by atoms with van der Waals surface area (Å²) in [6.07, 6.45) is 4.82. The first kappa shape index (κ1) is 15.4. The Bertz CT molecular complexity index is 512. The number of rotatable bonds is 2. The molecule has 0 aliphatic rings. The number of carbonyl (C=O) groups is 1. The number of ether oxygens (including phenoxy) is 1. The Morgan fingerprint density at radius 2 is 2.11 bits per heavy atom. The lowest BCUT2D eigenvalue weighted by Crippen LogP contribution is -2.27. The molecule has 1 amide bonds. The molecule has 1 aromatic rings. The van der Waals surface area contributed by atoms with E-state index in [-0.39, 0.29) is 5.92 Å². The van der Waals surface area contributed by atoms with Gasteiger partial charge in [0.2, 0.25) is 0 Å². The SMILES string of the molecule is C#CC(C)c1ccc(NC(=O)OC(C)(C)C)c(Cl)c1. The molecule has 0 saturated carbocycles. The van der Waals surface area contributed by atoms with Gasteiger partial charge in [-0.3, -0.25) is 5.32 Å². The van der Waals surface area contributed by atoms with E-state index in [1.807, 2.05) is 13.0 Å². The van der Waals surface area contributed by atoms with Crippen LogP contribution in [0.5, 0.6) is 0 Å². The van der Waals surface area contributed by atoms with E-state index >= 15 is 0 Å². The molecule has 0 spiro atoms. The lowest BCUT2D eigenvalue weighted by Gasteiger charge is -2.20. The number of carbonyl (C=O) groups excluding carboxylic acids is 1. The van der Waals surface area contributed by atoms with Crippen molar-refractivity contribution in [3.63, 3.8) is 0 Å². The first-order chi connectivity index (χ1) is 8.73. The third kappa shape index (κ3) is 4.84. The zero-order chi connectivity index (χ0) is 14.6. The predicted molar refractivity (Wildman–Crippen MR) is 78.6 cm³/mol. The fourth-order valence-corrected chi connectivity index (χ4v) is 1.65. The number of hydrogen-bond acceptors (Lipinski definition) is 2. The number of amides is 1. The Morgan fingerprint density at radius 1 is 1.47 bits per heavy atom. The van der Waals surface area contributed by atoms with E-state index in [1.165, 1.54) is 0 Å². The smallest absolute Gasteiger partial charge is 0.412 e. The second-order valence-corrected chi connectivity index (χ2v) is 5.66. The van der Waals surface area contributed by atoms with Crippen LogP contribution in [0.15, 0.2) is 18.2 Å². The molecular formula is C15H18ClNO2. The van der Waals surface area contributed by atoms with Crippen molar-refractivity contribution in [2.45, 2.75) is 39.2 Å². The van der Waals surface area contributed by atoms with Crippen LogP contribution < -0.4 is 5.32 Å². The first-order valence-corrected chi connectivity index (χ1v) is 6.36. The molecule has 1 aromatic carbocycles. The van der Waals surface area contributed by atoms with Gasteiger partial charge < -0.3 is 4.74 Å². The fourth-order valence-electron chi connectivity index (χ4n) is 1.41. The summed E-state index contributed by atoms with van der Waals surface area (Å²) in [4.78, 5) is 11.6. The molecule has 0 aliphatic carbocycles. The summed E-state index contributed by atoms with van der Waals surface area (Å²) >= 11 is 6.11. The van der Waals surface area contributed by atoms with E-state index in [0.29, 0.717) is 10.7 Å². The van der Waals surface area contributed by atoms with Gasteiger partial charge >= 0.3 is 6.09 Å². The molecule has 3 nitrogen and oxygen atoms in total. The lowest BCUT2D eigenvalue weighted by atomic mass is 10.0. The molecule has 1 unspecified atom stereocenters. The summed E-state index contributed by atoms with van der Waals surface area (Å²) in [5, 5.41) is 3.04. The van der Waals surface area contributed by atoms with Gasteiger partial charge in [0.05, 0.1) is 10.7 Å². The van der Waals surface area contributed by atoms with Gasteiger partial charge in [-0.05, 0) is 45.4 Å². The standard InChI is InChI=1S/C15H18ClNO2/c1-6-10(2)11-7-8-13(12(16)9-11)17-14(18)19-15(3,4)5/h1,7-10H,2-5H3,(H,17,18). The molecule has 0 saturated heterocycles. The maximum Gasteiger partial charge on any atom is 0.412 e. The van der Waals surface area contributed by atoms with Crippen molar-refractivity contribution in [3.8, 4) is 12.3 Å². The van der Waals surface area contributed by atoms with E-state index in [1.54, 1.807) is 32.9 Å². The third-order valence-corrected chi connectivity index (χ3v) is 2.69. The van der Waals surface area contributed by atoms with Gasteiger partial charge in [0.25, 0.3) is 0 Å². The number of terminal acetylenes is 1. The third-order valence-electron chi connectivity index (χ3n) is 2.38. The fraction of sp³-hybridized carbons (Fsp3) is 0.400. The van der Waals surface area contributed by atoms with Crippen LogP contribution in [0.4, 0.5) is 10.5 Å². The van der Waals surface area contributed by atoms with Crippen LogP contribution in [0.25, 0.3) is 0 Å². The minimum Gasteiger partial charge on any atom is -0.444 e. The summed E-state index contributed by atoms with van der Waals surface area (Å²) < 4.78 is 5.15. The van der Waals surface area contributed by atoms with Crippen LogP contribution in [0.2, 0.25) is 5.02 Å². The van der Waals surface area contributed by atoms with Crippen molar-refractivity contribution in [1.29, 1.82) is 0 Å². The Kier molecular flexibility index (Phi) is 4.85. The molecule has 0 radical (unpaired) electrons. The largest absolute Gasteiger partial charge is 0.444 e. The lowest BCUT2D eigenvalue weighted by molar-refractivity contribution is 0.0636. The molecule has 1 rings (SSSR count). The predicted octanol–water partition coefficient (Wildman–Crippen LogP) is 4.42. The number of hydrogen-bond donors (Lipinski definition) is 1.